The molecule has 0 aliphatic rings. The van der Waals surface area contributed by atoms with Crippen molar-refractivity contribution >= 4 is 23.5 Å². The molecule has 0 aromatic heterocycles. The zero-order valence-electron chi connectivity index (χ0n) is 19.9. The molecule has 35 heavy (non-hydrogen) atoms. The van der Waals surface area contributed by atoms with Crippen LogP contribution in [0.3, 0.4) is 0 Å². The fraction of sp³-hybridized carbons (Fsp3) is 0.360. The van der Waals surface area contributed by atoms with E-state index in [-0.39, 0.29) is 37.0 Å². The van der Waals surface area contributed by atoms with Crippen molar-refractivity contribution in [2.24, 2.45) is 11.5 Å². The lowest BCUT2D eigenvalue weighted by Crippen LogP contribution is -2.41. The first-order chi connectivity index (χ1) is 16.7. The van der Waals surface area contributed by atoms with Gasteiger partial charge in [-0.25, -0.2) is 0 Å². The summed E-state index contributed by atoms with van der Waals surface area (Å²) in [6, 6.07) is 14.3. The highest BCUT2D eigenvalue weighted by molar-refractivity contribution is 5.94. The molecule has 0 aliphatic heterocycles. The molecule has 0 bridgehead atoms. The minimum Gasteiger partial charge on any atom is -0.481 e. The maximum atomic E-state index is 12.3. The zero-order chi connectivity index (χ0) is 26.2. The van der Waals surface area contributed by atoms with Crippen molar-refractivity contribution < 1.29 is 24.6 Å². The number of hydrogen-bond donors (Lipinski definition) is 7. The summed E-state index contributed by atoms with van der Waals surface area (Å²) in [4.78, 5) is 33.4. The second-order valence-electron chi connectivity index (χ2n) is 7.83. The Morgan fingerprint density at radius 1 is 0.971 bits per heavy atom. The number of Topliss-reactive ketones (excluding diaryl/α,β-unsaturated/α-hetero) is 1. The quantitative estimate of drug-likeness (QED) is 0.159. The monoisotopic (exact) mass is 485 g/mol. The van der Waals surface area contributed by atoms with Gasteiger partial charge in [0.2, 0.25) is 5.91 Å². The molecule has 0 fully saturated rings. The van der Waals surface area contributed by atoms with Gasteiger partial charge in [0, 0.05) is 38.4 Å². The number of carboxylic acid groups (broad SMARTS) is 1. The number of carbonyl (C=O) groups is 3. The van der Waals surface area contributed by atoms with E-state index in [1.165, 1.54) is 0 Å². The van der Waals surface area contributed by atoms with Crippen LogP contribution < -0.4 is 22.1 Å². The van der Waals surface area contributed by atoms with Gasteiger partial charge in [0.25, 0.3) is 5.97 Å². The van der Waals surface area contributed by atoms with E-state index in [0.717, 1.165) is 30.0 Å². The van der Waals surface area contributed by atoms with Gasteiger partial charge in [-0.05, 0) is 29.7 Å². The maximum absolute atomic E-state index is 12.3. The lowest BCUT2D eigenvalue weighted by Gasteiger charge is -2.15. The zero-order valence-corrected chi connectivity index (χ0v) is 19.9. The van der Waals surface area contributed by atoms with Crippen LogP contribution in [0.1, 0.15) is 42.0 Å². The van der Waals surface area contributed by atoms with Crippen molar-refractivity contribution in [2.45, 2.75) is 45.3 Å². The Balaban J connectivity index is 0.00000142. The van der Waals surface area contributed by atoms with Crippen molar-refractivity contribution in [3.63, 3.8) is 0 Å². The third kappa shape index (κ3) is 12.4. The number of benzene rings is 2. The van der Waals surface area contributed by atoms with E-state index in [2.05, 4.69) is 10.6 Å². The third-order valence-electron chi connectivity index (χ3n) is 4.99. The molecule has 10 nitrogen and oxygen atoms in total. The van der Waals surface area contributed by atoms with E-state index >= 15 is 0 Å². The second-order valence-corrected chi connectivity index (χ2v) is 7.83. The molecule has 9 N–H and O–H groups in total. The summed E-state index contributed by atoms with van der Waals surface area (Å²) < 4.78 is 0. The Kier molecular flexibility index (Phi) is 13.5. The number of nitrogens with one attached hydrogen (secondary N) is 3. The fourth-order valence-corrected chi connectivity index (χ4v) is 3.02. The summed E-state index contributed by atoms with van der Waals surface area (Å²) >= 11 is 0. The Morgan fingerprint density at radius 3 is 2.03 bits per heavy atom. The molecular weight excluding hydrogens is 450 g/mol. The van der Waals surface area contributed by atoms with Gasteiger partial charge in [0.1, 0.15) is 5.84 Å². The number of carbonyl (C=O) groups excluding carboxylic acids is 2. The van der Waals surface area contributed by atoms with Crippen LogP contribution in [0.15, 0.2) is 48.5 Å². The Hall–Kier alpha value is -3.60. The van der Waals surface area contributed by atoms with Crippen molar-refractivity contribution in [1.82, 2.24) is 10.6 Å². The smallest absolute Gasteiger partial charge is 0.300 e. The van der Waals surface area contributed by atoms with Crippen LogP contribution in [-0.2, 0) is 33.9 Å². The van der Waals surface area contributed by atoms with Gasteiger partial charge in [-0.3, -0.25) is 19.8 Å². The highest BCUT2D eigenvalue weighted by Gasteiger charge is 2.17. The van der Waals surface area contributed by atoms with Gasteiger partial charge in [-0.2, -0.15) is 0 Å². The molecule has 0 heterocycles. The Morgan fingerprint density at radius 2 is 1.51 bits per heavy atom. The van der Waals surface area contributed by atoms with E-state index < -0.39 is 12.0 Å². The van der Waals surface area contributed by atoms with E-state index in [4.69, 9.17) is 26.8 Å². The number of amidine groups is 1. The third-order valence-corrected chi connectivity index (χ3v) is 4.99. The van der Waals surface area contributed by atoms with Crippen LogP contribution in [0.25, 0.3) is 0 Å². The number of aliphatic hydroxyl groups excluding tert-OH is 1. The SMILES string of the molecule is CC(=O)O.N=C(N)c1ccc(CNC(=O)CCC(=O)[C@@H](CO)NCCc2ccc(CN)cc2)cc1. The number of ketones is 1. The predicted molar refractivity (Wildman–Crippen MR) is 134 cm³/mol. The van der Waals surface area contributed by atoms with Crippen LogP contribution in [0.5, 0.6) is 0 Å². The number of amides is 1. The molecule has 0 aliphatic carbocycles. The summed E-state index contributed by atoms with van der Waals surface area (Å²) in [6.45, 7) is 2.14. The number of rotatable bonds is 13. The predicted octanol–water partition coefficient (Wildman–Crippen LogP) is 0.679. The standard InChI is InChI=1S/C23H31N5O3.C2H4O2/c24-13-17-3-1-16(2-4-17)11-12-27-20(15-29)21(30)9-10-22(31)28-14-18-5-7-19(8-6-18)23(25)26;1-2(3)4/h1-8,20,27,29H,9-15,24H2,(H3,25,26)(H,28,31);1H3,(H,3,4)/t20-;/m1./s1. The molecule has 190 valence electrons. The van der Waals surface area contributed by atoms with Crippen LogP contribution in [0.4, 0.5) is 0 Å². The molecule has 0 radical (unpaired) electrons. The number of nitrogens with two attached hydrogens (primary N) is 2. The minimum atomic E-state index is -0.833. The minimum absolute atomic E-state index is 0.00866. The van der Waals surface area contributed by atoms with E-state index in [1.807, 2.05) is 24.3 Å². The summed E-state index contributed by atoms with van der Waals surface area (Å²) in [7, 11) is 0. The van der Waals surface area contributed by atoms with Crippen molar-refractivity contribution in [3.05, 3.63) is 70.8 Å². The first-order valence-electron chi connectivity index (χ1n) is 11.2. The van der Waals surface area contributed by atoms with E-state index in [9.17, 15) is 14.7 Å². The van der Waals surface area contributed by atoms with Crippen molar-refractivity contribution in [1.29, 1.82) is 5.41 Å². The Bertz CT molecular complexity index is 957. The van der Waals surface area contributed by atoms with Gasteiger partial charge in [-0.15, -0.1) is 0 Å². The number of aliphatic hydroxyl groups is 1. The molecule has 10 heteroatoms. The maximum Gasteiger partial charge on any atom is 0.300 e. The van der Waals surface area contributed by atoms with Gasteiger partial charge in [0.05, 0.1) is 12.6 Å². The van der Waals surface area contributed by atoms with Gasteiger partial charge in [0.15, 0.2) is 5.78 Å². The fourth-order valence-electron chi connectivity index (χ4n) is 3.02. The lowest BCUT2D eigenvalue weighted by atomic mass is 10.1. The van der Waals surface area contributed by atoms with Gasteiger partial charge >= 0.3 is 0 Å². The first-order valence-corrected chi connectivity index (χ1v) is 11.2. The lowest BCUT2D eigenvalue weighted by molar-refractivity contribution is -0.134. The van der Waals surface area contributed by atoms with E-state index in [1.54, 1.807) is 24.3 Å². The van der Waals surface area contributed by atoms with Crippen LogP contribution >= 0.6 is 0 Å². The average molecular weight is 486 g/mol. The van der Waals surface area contributed by atoms with Gasteiger partial charge < -0.3 is 32.3 Å². The number of aliphatic carboxylic acids is 1. The first kappa shape index (κ1) is 29.4. The molecule has 0 spiro atoms. The normalized spacial score (nSPS) is 11.1. The molecule has 2 aromatic carbocycles. The molecule has 0 saturated heterocycles. The number of hydrogen-bond acceptors (Lipinski definition) is 7. The van der Waals surface area contributed by atoms with Crippen LogP contribution in [-0.4, -0.2) is 52.9 Å². The molecule has 0 saturated carbocycles. The van der Waals surface area contributed by atoms with Crippen LogP contribution in [0, 0.1) is 5.41 Å². The second kappa shape index (κ2) is 16.1. The molecule has 2 aromatic rings. The number of nitrogen functional groups attached to an aromatic ring is 1. The molecular formula is C25H35N5O5. The topological polar surface area (TPSA) is 192 Å². The highest BCUT2D eigenvalue weighted by Crippen LogP contribution is 2.06. The summed E-state index contributed by atoms with van der Waals surface area (Å²) in [5.74, 6) is -1.27. The van der Waals surface area contributed by atoms with Gasteiger partial charge in [-0.1, -0.05) is 48.5 Å². The molecule has 0 unspecified atom stereocenters. The molecule has 2 rings (SSSR count). The van der Waals surface area contributed by atoms with Crippen molar-refractivity contribution in [2.75, 3.05) is 13.2 Å². The van der Waals surface area contributed by atoms with Crippen LogP contribution in [0.2, 0.25) is 0 Å². The molecule has 1 amide bonds. The summed E-state index contributed by atoms with van der Waals surface area (Å²) in [5.41, 5.74) is 14.7. The largest absolute Gasteiger partial charge is 0.481 e. The molecule has 1 atom stereocenters. The summed E-state index contributed by atoms with van der Waals surface area (Å²) in [6.07, 6.45) is 0.833. The highest BCUT2D eigenvalue weighted by atomic mass is 16.4. The average Bonchev–Trinajstić information content (AvgIpc) is 2.84. The van der Waals surface area contributed by atoms with Crippen molar-refractivity contribution in [3.8, 4) is 0 Å². The summed E-state index contributed by atoms with van der Waals surface area (Å²) in [5, 5.41) is 30.1. The number of carboxylic acids is 1. The van der Waals surface area contributed by atoms with E-state index in [0.29, 0.717) is 25.2 Å². The Labute approximate surface area is 205 Å².